The molecule has 2 aliphatic rings. The number of hydrogen-bond acceptors (Lipinski definition) is 6. The van der Waals surface area contributed by atoms with Gasteiger partial charge in [-0.25, -0.2) is 0 Å². The van der Waals surface area contributed by atoms with Crippen molar-refractivity contribution >= 4 is 60.1 Å². The van der Waals surface area contributed by atoms with Gasteiger partial charge in [-0.1, -0.05) is 51.8 Å². The third kappa shape index (κ3) is 6.37. The van der Waals surface area contributed by atoms with Crippen LogP contribution in [0.2, 0.25) is 10.3 Å². The van der Waals surface area contributed by atoms with Crippen molar-refractivity contribution in [3.8, 4) is 16.5 Å². The van der Waals surface area contributed by atoms with Crippen molar-refractivity contribution in [2.24, 2.45) is 11.0 Å². The summed E-state index contributed by atoms with van der Waals surface area (Å²) in [6.45, 7) is 0.484. The van der Waals surface area contributed by atoms with Crippen LogP contribution < -0.4 is 9.47 Å². The fourth-order valence-electron chi connectivity index (χ4n) is 4.56. The molecule has 0 aliphatic carbocycles. The van der Waals surface area contributed by atoms with Gasteiger partial charge in [0, 0.05) is 15.9 Å². The first-order chi connectivity index (χ1) is 18.9. The summed E-state index contributed by atoms with van der Waals surface area (Å²) in [4.78, 5) is 29.1. The van der Waals surface area contributed by atoms with E-state index in [2.05, 4.69) is 20.9 Å². The van der Waals surface area contributed by atoms with Crippen LogP contribution in [-0.2, 0) is 16.0 Å². The molecular weight excluding hydrogens is 649 g/mol. The maximum atomic E-state index is 13.8. The molecule has 0 N–H and O–H groups in total. The number of nitriles is 1. The fourth-order valence-corrected chi connectivity index (χ4v) is 5.69. The van der Waals surface area contributed by atoms with E-state index in [1.54, 1.807) is 18.2 Å². The minimum atomic E-state index is -1.01. The van der Waals surface area contributed by atoms with Crippen molar-refractivity contribution in [1.82, 2.24) is 5.01 Å². The molecule has 0 saturated carbocycles. The molecule has 0 spiro atoms. The molecule has 2 aliphatic heterocycles. The first-order valence-corrected chi connectivity index (χ1v) is 15.6. The van der Waals surface area contributed by atoms with Gasteiger partial charge in [0.25, 0.3) is 0 Å². The average Bonchev–Trinajstić information content (AvgIpc) is 3.38. The van der Waals surface area contributed by atoms with Crippen molar-refractivity contribution < 1.29 is 19.1 Å². The molecule has 5 rings (SSSR count). The van der Waals surface area contributed by atoms with Gasteiger partial charge < -0.3 is 0 Å². The van der Waals surface area contributed by atoms with Gasteiger partial charge in [-0.05, 0) is 35.4 Å². The van der Waals surface area contributed by atoms with Crippen molar-refractivity contribution in [3.63, 3.8) is 0 Å². The average molecular weight is 672 g/mol. The number of carbonyl (C=O) groups excluding carboxylic acids is 2. The van der Waals surface area contributed by atoms with Crippen LogP contribution in [0.3, 0.4) is 0 Å². The molecular formula is C29H23BrClN3O4Se. The van der Waals surface area contributed by atoms with E-state index < -0.39 is 17.8 Å². The van der Waals surface area contributed by atoms with Crippen LogP contribution in [0.5, 0.6) is 11.5 Å². The van der Waals surface area contributed by atoms with E-state index in [1.807, 2.05) is 48.5 Å². The SMILES string of the molecule is N#C[Se]CCCOc1ccc2c(c1)OC(=O)C(C(=O)N1N=C(c3ccc(Cl)cc3)CC1c1ccc(Br)cc1)C2. The van der Waals surface area contributed by atoms with Crippen LogP contribution in [0.15, 0.2) is 76.3 Å². The molecule has 0 bridgehead atoms. The summed E-state index contributed by atoms with van der Waals surface area (Å²) in [5.74, 6) is -1.03. The molecule has 2 heterocycles. The second-order valence-corrected chi connectivity index (χ2v) is 12.3. The standard InChI is InChI=1S/C29H23BrClN3O4Se/c30-21-7-2-19(3-8-21)26-16-25(18-4-9-22(31)10-5-18)33-34(26)28(35)24-14-20-6-11-23(15-27(20)38-29(24)36)37-12-1-13-39-17-32/h2-11,15,24,26H,1,12-14,16H2. The van der Waals surface area contributed by atoms with Crippen LogP contribution in [0, 0.1) is 16.1 Å². The molecule has 1 amide bonds. The van der Waals surface area contributed by atoms with Gasteiger partial charge >= 0.3 is 127 Å². The van der Waals surface area contributed by atoms with E-state index in [0.717, 1.165) is 38.6 Å². The Morgan fingerprint density at radius 1 is 1.15 bits per heavy atom. The molecule has 10 heteroatoms. The molecule has 0 radical (unpaired) electrons. The Balaban J connectivity index is 1.36. The summed E-state index contributed by atoms with van der Waals surface area (Å²) >= 11 is 9.51. The molecule has 39 heavy (non-hydrogen) atoms. The molecule has 0 saturated heterocycles. The number of hydrogen-bond donors (Lipinski definition) is 0. The second kappa shape index (κ2) is 12.4. The van der Waals surface area contributed by atoms with Crippen LogP contribution in [-0.4, -0.2) is 44.2 Å². The number of hydrazone groups is 1. The number of fused-ring (bicyclic) bond motifs is 1. The monoisotopic (exact) mass is 671 g/mol. The molecule has 2 atom stereocenters. The van der Waals surface area contributed by atoms with E-state index in [4.69, 9.17) is 31.4 Å². The van der Waals surface area contributed by atoms with E-state index in [9.17, 15) is 9.59 Å². The van der Waals surface area contributed by atoms with Gasteiger partial charge in [0.05, 0.1) is 11.8 Å². The number of halogens is 2. The molecule has 0 aromatic heterocycles. The Kier molecular flexibility index (Phi) is 8.69. The topological polar surface area (TPSA) is 92.0 Å². The molecule has 3 aromatic rings. The normalized spacial score (nSPS) is 18.1. The number of benzene rings is 3. The molecule has 2 unspecified atom stereocenters. The van der Waals surface area contributed by atoms with Crippen molar-refractivity contribution in [2.45, 2.75) is 30.6 Å². The number of amides is 1. The van der Waals surface area contributed by atoms with E-state index >= 15 is 0 Å². The minimum absolute atomic E-state index is 0.0262. The number of ether oxygens (including phenoxy) is 2. The van der Waals surface area contributed by atoms with Gasteiger partial charge in [0.2, 0.25) is 0 Å². The number of rotatable bonds is 8. The Morgan fingerprint density at radius 3 is 2.67 bits per heavy atom. The zero-order valence-corrected chi connectivity index (χ0v) is 24.7. The summed E-state index contributed by atoms with van der Waals surface area (Å²) in [6.07, 6.45) is 1.51. The van der Waals surface area contributed by atoms with E-state index in [1.165, 1.54) is 5.01 Å². The van der Waals surface area contributed by atoms with Gasteiger partial charge in [-0.15, -0.1) is 0 Å². The Bertz CT molecular complexity index is 1460. The van der Waals surface area contributed by atoms with Crippen LogP contribution in [0.25, 0.3) is 0 Å². The third-order valence-corrected chi connectivity index (χ3v) is 8.63. The second-order valence-electron chi connectivity index (χ2n) is 9.10. The predicted molar refractivity (Wildman–Crippen MR) is 152 cm³/mol. The Morgan fingerprint density at radius 2 is 1.92 bits per heavy atom. The number of carbonyl (C=O) groups is 2. The first-order valence-electron chi connectivity index (χ1n) is 12.3. The Hall–Kier alpha value is -3.15. The van der Waals surface area contributed by atoms with E-state index in [0.29, 0.717) is 29.5 Å². The summed E-state index contributed by atoms with van der Waals surface area (Å²) in [5.41, 5.74) is 3.29. The van der Waals surface area contributed by atoms with Crippen LogP contribution in [0.4, 0.5) is 0 Å². The van der Waals surface area contributed by atoms with Gasteiger partial charge in [-0.2, -0.15) is 5.10 Å². The maximum absolute atomic E-state index is 13.8. The van der Waals surface area contributed by atoms with Gasteiger partial charge in [0.15, 0.2) is 0 Å². The van der Waals surface area contributed by atoms with Gasteiger partial charge in [0.1, 0.15) is 0 Å². The summed E-state index contributed by atoms with van der Waals surface area (Å²) in [5, 5.41) is 16.3. The quantitative estimate of drug-likeness (QED) is 0.0974. The third-order valence-electron chi connectivity index (χ3n) is 6.55. The van der Waals surface area contributed by atoms with Gasteiger partial charge in [-0.3, -0.25) is 0 Å². The summed E-state index contributed by atoms with van der Waals surface area (Å²) < 4.78 is 12.3. The molecule has 3 aromatic carbocycles. The van der Waals surface area contributed by atoms with Crippen molar-refractivity contribution in [3.05, 3.63) is 92.9 Å². The molecule has 198 valence electrons. The van der Waals surface area contributed by atoms with Crippen LogP contribution >= 0.6 is 27.5 Å². The summed E-state index contributed by atoms with van der Waals surface area (Å²) in [7, 11) is 0. The Labute approximate surface area is 246 Å². The zero-order chi connectivity index (χ0) is 27.4. The van der Waals surface area contributed by atoms with Crippen molar-refractivity contribution in [2.75, 3.05) is 6.61 Å². The van der Waals surface area contributed by atoms with E-state index in [-0.39, 0.29) is 27.4 Å². The molecule has 7 nitrogen and oxygen atoms in total. The van der Waals surface area contributed by atoms with Crippen LogP contribution in [0.1, 0.15) is 35.6 Å². The predicted octanol–water partition coefficient (Wildman–Crippen LogP) is 5.93. The first kappa shape index (κ1) is 27.4. The summed E-state index contributed by atoms with van der Waals surface area (Å²) in [6, 6.07) is 20.1. The number of esters is 1. The zero-order valence-electron chi connectivity index (χ0n) is 20.7. The number of nitrogens with zero attached hydrogens (tertiary/aromatic N) is 3. The fraction of sp³-hybridized carbons (Fsp3) is 0.241. The van der Waals surface area contributed by atoms with Crippen molar-refractivity contribution in [1.29, 1.82) is 5.26 Å². The molecule has 0 fully saturated rings.